The molecule has 104 valence electrons. The molecule has 1 aromatic rings. The number of piperazine rings is 1. The fraction of sp³-hybridized carbons (Fsp3) is 0.533. The van der Waals surface area contributed by atoms with E-state index in [1.165, 1.54) is 5.69 Å². The van der Waals surface area contributed by atoms with Gasteiger partial charge < -0.3 is 15.1 Å². The Hall–Kier alpha value is -1.39. The van der Waals surface area contributed by atoms with E-state index in [0.29, 0.717) is 6.54 Å². The van der Waals surface area contributed by atoms with Crippen LogP contribution in [-0.4, -0.2) is 57.0 Å². The molecule has 0 amide bonds. The summed E-state index contributed by atoms with van der Waals surface area (Å²) in [6, 6.07) is 7.98. The molecule has 1 aromatic carbocycles. The van der Waals surface area contributed by atoms with Gasteiger partial charge in [0.05, 0.1) is 6.54 Å². The maximum Gasteiger partial charge on any atom is 0.176 e. The topological polar surface area (TPSA) is 35.6 Å². The lowest BCUT2D eigenvalue weighted by atomic mass is 10.1. The first-order valence-electron chi connectivity index (χ1n) is 6.99. The highest BCUT2D eigenvalue weighted by atomic mass is 16.1. The summed E-state index contributed by atoms with van der Waals surface area (Å²) in [6.07, 6.45) is 0. The Morgan fingerprint density at radius 2 is 1.79 bits per heavy atom. The van der Waals surface area contributed by atoms with E-state index in [1.54, 1.807) is 7.05 Å². The lowest BCUT2D eigenvalue weighted by molar-refractivity contribution is 0.0993. The van der Waals surface area contributed by atoms with E-state index in [2.05, 4.69) is 34.2 Å². The summed E-state index contributed by atoms with van der Waals surface area (Å²) in [4.78, 5) is 16.6. The minimum absolute atomic E-state index is 0.143. The monoisotopic (exact) mass is 261 g/mol. The van der Waals surface area contributed by atoms with Gasteiger partial charge in [-0.1, -0.05) is 6.92 Å². The molecule has 1 heterocycles. The summed E-state index contributed by atoms with van der Waals surface area (Å²) in [5.41, 5.74) is 2.00. The van der Waals surface area contributed by atoms with E-state index in [4.69, 9.17) is 0 Å². The number of anilines is 1. The number of carbonyl (C=O) groups is 1. The van der Waals surface area contributed by atoms with Gasteiger partial charge in [-0.25, -0.2) is 0 Å². The molecule has 0 aliphatic carbocycles. The Morgan fingerprint density at radius 1 is 1.16 bits per heavy atom. The summed E-state index contributed by atoms with van der Waals surface area (Å²) in [7, 11) is 1.79. The normalized spacial score (nSPS) is 16.6. The van der Waals surface area contributed by atoms with Crippen LogP contribution in [0.25, 0.3) is 0 Å². The number of hydrogen-bond donors (Lipinski definition) is 1. The van der Waals surface area contributed by atoms with Gasteiger partial charge in [-0.3, -0.25) is 4.79 Å². The second kappa shape index (κ2) is 6.68. The number of rotatable bonds is 5. The Bertz CT molecular complexity index is 408. The van der Waals surface area contributed by atoms with Crippen LogP contribution in [0.2, 0.25) is 0 Å². The molecule has 0 atom stereocenters. The number of carbonyl (C=O) groups excluding carboxylic acids is 1. The molecule has 1 N–H and O–H groups in total. The summed E-state index contributed by atoms with van der Waals surface area (Å²) in [5.74, 6) is 0.143. The van der Waals surface area contributed by atoms with Gasteiger partial charge in [-0.15, -0.1) is 0 Å². The van der Waals surface area contributed by atoms with Crippen LogP contribution in [0.1, 0.15) is 17.3 Å². The van der Waals surface area contributed by atoms with Gasteiger partial charge in [-0.2, -0.15) is 0 Å². The van der Waals surface area contributed by atoms with Gasteiger partial charge in [0, 0.05) is 37.4 Å². The maximum absolute atomic E-state index is 11.7. The Balaban J connectivity index is 1.97. The van der Waals surface area contributed by atoms with E-state index in [9.17, 15) is 4.79 Å². The van der Waals surface area contributed by atoms with Crippen LogP contribution in [0.4, 0.5) is 5.69 Å². The molecule has 1 aliphatic heterocycles. The largest absolute Gasteiger partial charge is 0.369 e. The zero-order chi connectivity index (χ0) is 13.7. The predicted octanol–water partition coefficient (Wildman–Crippen LogP) is 1.23. The van der Waals surface area contributed by atoms with Crippen LogP contribution in [0.3, 0.4) is 0 Å². The Kier molecular flexibility index (Phi) is 4.93. The van der Waals surface area contributed by atoms with Crippen LogP contribution >= 0.6 is 0 Å². The molecule has 2 rings (SSSR count). The molecule has 0 aromatic heterocycles. The minimum Gasteiger partial charge on any atom is -0.369 e. The Labute approximate surface area is 115 Å². The average Bonchev–Trinajstić information content (AvgIpc) is 2.48. The van der Waals surface area contributed by atoms with Gasteiger partial charge in [0.15, 0.2) is 5.78 Å². The SMILES string of the molecule is CCN1CCN(c2ccc(C(=O)CNC)cc2)CC1. The number of ketones is 1. The average molecular weight is 261 g/mol. The molecule has 0 unspecified atom stereocenters. The van der Waals surface area contributed by atoms with E-state index < -0.39 is 0 Å². The molecular weight excluding hydrogens is 238 g/mol. The van der Waals surface area contributed by atoms with E-state index in [1.807, 2.05) is 12.1 Å². The molecule has 1 fully saturated rings. The maximum atomic E-state index is 11.7. The van der Waals surface area contributed by atoms with Crippen molar-refractivity contribution in [1.82, 2.24) is 10.2 Å². The van der Waals surface area contributed by atoms with Crippen LogP contribution in [0, 0.1) is 0 Å². The summed E-state index contributed by atoms with van der Waals surface area (Å²) >= 11 is 0. The third kappa shape index (κ3) is 3.55. The molecule has 0 spiro atoms. The lowest BCUT2D eigenvalue weighted by Crippen LogP contribution is -2.46. The van der Waals surface area contributed by atoms with Crippen LogP contribution in [-0.2, 0) is 0 Å². The van der Waals surface area contributed by atoms with E-state index in [0.717, 1.165) is 38.3 Å². The number of likely N-dealkylation sites (N-methyl/N-ethyl adjacent to an activating group) is 2. The lowest BCUT2D eigenvalue weighted by Gasteiger charge is -2.35. The molecule has 1 saturated heterocycles. The second-order valence-electron chi connectivity index (χ2n) is 4.92. The van der Waals surface area contributed by atoms with Crippen molar-refractivity contribution < 1.29 is 4.79 Å². The second-order valence-corrected chi connectivity index (χ2v) is 4.92. The van der Waals surface area contributed by atoms with Crippen molar-refractivity contribution in [2.24, 2.45) is 0 Å². The number of nitrogens with zero attached hydrogens (tertiary/aromatic N) is 2. The standard InChI is InChI=1S/C15H23N3O/c1-3-17-8-10-18(11-9-17)14-6-4-13(5-7-14)15(19)12-16-2/h4-7,16H,3,8-12H2,1-2H3. The van der Waals surface area contributed by atoms with Crippen molar-refractivity contribution >= 4 is 11.5 Å². The molecule has 4 nitrogen and oxygen atoms in total. The van der Waals surface area contributed by atoms with Gasteiger partial charge in [0.1, 0.15) is 0 Å². The van der Waals surface area contributed by atoms with Crippen molar-refractivity contribution in [3.63, 3.8) is 0 Å². The van der Waals surface area contributed by atoms with Crippen molar-refractivity contribution in [2.45, 2.75) is 6.92 Å². The highest BCUT2D eigenvalue weighted by molar-refractivity contribution is 5.97. The summed E-state index contributed by atoms with van der Waals surface area (Å²) in [6.45, 7) is 8.11. The third-order valence-corrected chi connectivity index (χ3v) is 3.71. The van der Waals surface area contributed by atoms with E-state index >= 15 is 0 Å². The zero-order valence-corrected chi connectivity index (χ0v) is 11.9. The highest BCUT2D eigenvalue weighted by Crippen LogP contribution is 2.17. The van der Waals surface area contributed by atoms with Gasteiger partial charge in [0.2, 0.25) is 0 Å². The minimum atomic E-state index is 0.143. The number of benzene rings is 1. The molecule has 0 radical (unpaired) electrons. The molecule has 0 bridgehead atoms. The van der Waals surface area contributed by atoms with Crippen molar-refractivity contribution in [1.29, 1.82) is 0 Å². The van der Waals surface area contributed by atoms with Gasteiger partial charge in [-0.05, 0) is 37.9 Å². The fourth-order valence-electron chi connectivity index (χ4n) is 2.44. The van der Waals surface area contributed by atoms with Gasteiger partial charge >= 0.3 is 0 Å². The van der Waals surface area contributed by atoms with Crippen molar-refractivity contribution in [3.05, 3.63) is 29.8 Å². The van der Waals surface area contributed by atoms with Crippen LogP contribution in [0.15, 0.2) is 24.3 Å². The molecule has 4 heteroatoms. The molecule has 19 heavy (non-hydrogen) atoms. The van der Waals surface area contributed by atoms with Crippen molar-refractivity contribution in [2.75, 3.05) is 51.2 Å². The zero-order valence-electron chi connectivity index (χ0n) is 11.9. The number of hydrogen-bond acceptors (Lipinski definition) is 4. The van der Waals surface area contributed by atoms with E-state index in [-0.39, 0.29) is 5.78 Å². The quantitative estimate of drug-likeness (QED) is 0.809. The highest BCUT2D eigenvalue weighted by Gasteiger charge is 2.15. The van der Waals surface area contributed by atoms with Crippen LogP contribution in [0.5, 0.6) is 0 Å². The fourth-order valence-corrected chi connectivity index (χ4v) is 2.44. The summed E-state index contributed by atoms with van der Waals surface area (Å²) in [5, 5.41) is 2.89. The molecule has 0 saturated carbocycles. The molecular formula is C15H23N3O. The Morgan fingerprint density at radius 3 is 2.32 bits per heavy atom. The molecule has 1 aliphatic rings. The smallest absolute Gasteiger partial charge is 0.176 e. The first-order valence-corrected chi connectivity index (χ1v) is 6.99. The van der Waals surface area contributed by atoms with Gasteiger partial charge in [0.25, 0.3) is 0 Å². The third-order valence-electron chi connectivity index (χ3n) is 3.71. The first kappa shape index (κ1) is 14.0. The van der Waals surface area contributed by atoms with Crippen LogP contribution < -0.4 is 10.2 Å². The van der Waals surface area contributed by atoms with Crippen molar-refractivity contribution in [3.8, 4) is 0 Å². The number of nitrogens with one attached hydrogen (secondary N) is 1. The predicted molar refractivity (Wildman–Crippen MR) is 79.0 cm³/mol. The summed E-state index contributed by atoms with van der Waals surface area (Å²) < 4.78 is 0. The first-order chi connectivity index (χ1) is 9.24. The number of Topliss-reactive ketones (excluding diaryl/α,β-unsaturated/α-hetero) is 1.